The van der Waals surface area contributed by atoms with Gasteiger partial charge in [-0.2, -0.15) is 4.98 Å². The van der Waals surface area contributed by atoms with Crippen molar-refractivity contribution >= 4 is 5.91 Å². The predicted octanol–water partition coefficient (Wildman–Crippen LogP) is 2.48. The number of nitrogens with zero attached hydrogens (tertiary/aromatic N) is 4. The van der Waals surface area contributed by atoms with Crippen molar-refractivity contribution in [3.63, 3.8) is 0 Å². The van der Waals surface area contributed by atoms with E-state index in [1.165, 1.54) is 0 Å². The van der Waals surface area contributed by atoms with Gasteiger partial charge in [0.05, 0.1) is 5.69 Å². The third-order valence-electron chi connectivity index (χ3n) is 3.45. The lowest BCUT2D eigenvalue weighted by molar-refractivity contribution is 0.0902. The highest BCUT2D eigenvalue weighted by Gasteiger charge is 2.22. The molecule has 3 rings (SSSR count). The molecule has 3 aromatic heterocycles. The lowest BCUT2D eigenvalue weighted by Gasteiger charge is -2.07. The number of nitrogens with one attached hydrogen (secondary N) is 1. The number of rotatable bonds is 5. The fourth-order valence-corrected chi connectivity index (χ4v) is 2.17. The average molecular weight is 327 g/mol. The number of hydrogen-bond donors (Lipinski definition) is 1. The fraction of sp³-hybridized carbons (Fsp3) is 0.312. The van der Waals surface area contributed by atoms with Crippen LogP contribution in [-0.4, -0.2) is 26.0 Å². The zero-order valence-corrected chi connectivity index (χ0v) is 13.6. The number of oxazole rings is 1. The zero-order chi connectivity index (χ0) is 17.1. The maximum atomic E-state index is 12.3. The van der Waals surface area contributed by atoms with Gasteiger partial charge >= 0.3 is 0 Å². The van der Waals surface area contributed by atoms with E-state index >= 15 is 0 Å². The summed E-state index contributed by atoms with van der Waals surface area (Å²) in [4.78, 5) is 24.7. The van der Waals surface area contributed by atoms with E-state index in [4.69, 9.17) is 8.94 Å². The van der Waals surface area contributed by atoms with Gasteiger partial charge in [0, 0.05) is 24.4 Å². The Labute approximate surface area is 138 Å². The lowest BCUT2D eigenvalue weighted by atomic mass is 10.2. The molecule has 1 N–H and O–H groups in total. The quantitative estimate of drug-likeness (QED) is 0.767. The Kier molecular flexibility index (Phi) is 4.37. The first kappa shape index (κ1) is 15.9. The number of aryl methyl sites for hydroxylation is 2. The summed E-state index contributed by atoms with van der Waals surface area (Å²) >= 11 is 0. The number of amides is 1. The summed E-state index contributed by atoms with van der Waals surface area (Å²) in [5.74, 6) is 1.12. The van der Waals surface area contributed by atoms with Gasteiger partial charge < -0.3 is 14.3 Å². The first-order valence-electron chi connectivity index (χ1n) is 7.59. The Morgan fingerprint density at radius 2 is 2.04 bits per heavy atom. The maximum Gasteiger partial charge on any atom is 0.289 e. The Morgan fingerprint density at radius 3 is 2.71 bits per heavy atom. The summed E-state index contributed by atoms with van der Waals surface area (Å²) in [6.07, 6.45) is 3.92. The molecule has 1 amide bonds. The summed E-state index contributed by atoms with van der Waals surface area (Å²) in [7, 11) is 0. The minimum Gasteiger partial charge on any atom is -0.435 e. The van der Waals surface area contributed by atoms with Crippen molar-refractivity contribution in [2.45, 2.75) is 33.2 Å². The summed E-state index contributed by atoms with van der Waals surface area (Å²) in [6, 6.07) is 3.10. The Hall–Kier alpha value is -3.03. The number of carbonyl (C=O) groups excluding carboxylic acids is 1. The fourth-order valence-electron chi connectivity index (χ4n) is 2.17. The third-order valence-corrected chi connectivity index (χ3v) is 3.45. The standard InChI is InChI=1S/C16H17N5O3/c1-4-12-18-9(2)13(23-12)15(22)19-10(3)16-20-14(21-24-16)11-5-7-17-8-6-11/h5-8,10H,4H2,1-3H3,(H,19,22)/t10-/m0/s1. The minimum absolute atomic E-state index is 0.201. The molecule has 0 bridgehead atoms. The van der Waals surface area contributed by atoms with Gasteiger partial charge in [0.2, 0.25) is 17.5 Å². The van der Waals surface area contributed by atoms with Gasteiger partial charge in [-0.05, 0) is 26.0 Å². The summed E-state index contributed by atoms with van der Waals surface area (Å²) < 4.78 is 10.7. The molecule has 3 heterocycles. The van der Waals surface area contributed by atoms with Crippen molar-refractivity contribution in [1.82, 2.24) is 25.4 Å². The van der Waals surface area contributed by atoms with Crippen molar-refractivity contribution in [3.8, 4) is 11.4 Å². The van der Waals surface area contributed by atoms with E-state index in [0.717, 1.165) is 5.56 Å². The highest BCUT2D eigenvalue weighted by molar-refractivity contribution is 5.92. The van der Waals surface area contributed by atoms with Crippen LogP contribution < -0.4 is 5.32 Å². The van der Waals surface area contributed by atoms with Crippen LogP contribution in [0.3, 0.4) is 0 Å². The zero-order valence-electron chi connectivity index (χ0n) is 13.6. The molecule has 24 heavy (non-hydrogen) atoms. The molecule has 0 aliphatic carbocycles. The smallest absolute Gasteiger partial charge is 0.289 e. The van der Waals surface area contributed by atoms with Crippen LogP contribution in [0, 0.1) is 6.92 Å². The van der Waals surface area contributed by atoms with Crippen LogP contribution in [-0.2, 0) is 6.42 Å². The van der Waals surface area contributed by atoms with E-state index in [-0.39, 0.29) is 11.7 Å². The molecule has 0 saturated carbocycles. The maximum absolute atomic E-state index is 12.3. The molecular formula is C16H17N5O3. The van der Waals surface area contributed by atoms with E-state index in [1.807, 2.05) is 6.92 Å². The van der Waals surface area contributed by atoms with E-state index < -0.39 is 6.04 Å². The van der Waals surface area contributed by atoms with Crippen molar-refractivity contribution in [1.29, 1.82) is 0 Å². The topological polar surface area (TPSA) is 107 Å². The van der Waals surface area contributed by atoms with Crippen molar-refractivity contribution in [3.05, 3.63) is 47.8 Å². The average Bonchev–Trinajstić information content (AvgIpc) is 3.22. The van der Waals surface area contributed by atoms with Crippen molar-refractivity contribution < 1.29 is 13.7 Å². The van der Waals surface area contributed by atoms with Gasteiger partial charge in [-0.1, -0.05) is 12.1 Å². The van der Waals surface area contributed by atoms with Crippen LogP contribution in [0.1, 0.15) is 47.9 Å². The molecule has 1 atom stereocenters. The van der Waals surface area contributed by atoms with Crippen molar-refractivity contribution in [2.24, 2.45) is 0 Å². The Bertz CT molecular complexity index is 841. The second-order valence-corrected chi connectivity index (χ2v) is 5.26. The van der Waals surface area contributed by atoms with Gasteiger partial charge in [-0.25, -0.2) is 4.98 Å². The Balaban J connectivity index is 1.73. The highest BCUT2D eigenvalue weighted by Crippen LogP contribution is 2.18. The van der Waals surface area contributed by atoms with Crippen molar-refractivity contribution in [2.75, 3.05) is 0 Å². The molecule has 0 radical (unpaired) electrons. The molecular weight excluding hydrogens is 310 g/mol. The largest absolute Gasteiger partial charge is 0.435 e. The van der Waals surface area contributed by atoms with Crippen LogP contribution in [0.25, 0.3) is 11.4 Å². The lowest BCUT2D eigenvalue weighted by Crippen LogP contribution is -2.27. The minimum atomic E-state index is -0.463. The Morgan fingerprint density at radius 1 is 1.29 bits per heavy atom. The molecule has 8 heteroatoms. The molecule has 0 fully saturated rings. The number of aromatic nitrogens is 4. The van der Waals surface area contributed by atoms with Gasteiger partial charge in [0.1, 0.15) is 6.04 Å². The summed E-state index contributed by atoms with van der Waals surface area (Å²) in [5, 5.41) is 6.70. The highest BCUT2D eigenvalue weighted by atomic mass is 16.5. The predicted molar refractivity (Wildman–Crippen MR) is 84.0 cm³/mol. The molecule has 124 valence electrons. The van der Waals surface area contributed by atoms with Gasteiger partial charge in [0.15, 0.2) is 5.89 Å². The molecule has 0 aliphatic heterocycles. The summed E-state index contributed by atoms with van der Waals surface area (Å²) in [5.41, 5.74) is 1.34. The van der Waals surface area contributed by atoms with E-state index in [9.17, 15) is 4.79 Å². The SMILES string of the molecule is CCc1nc(C)c(C(=O)N[C@@H](C)c2nc(-c3ccncc3)no2)o1. The van der Waals surface area contributed by atoms with Crippen LogP contribution in [0.5, 0.6) is 0 Å². The van der Waals surface area contributed by atoms with Crippen LogP contribution >= 0.6 is 0 Å². The van der Waals surface area contributed by atoms with Gasteiger partial charge in [-0.15, -0.1) is 0 Å². The van der Waals surface area contributed by atoms with Crippen LogP contribution in [0.2, 0.25) is 0 Å². The number of hydrogen-bond acceptors (Lipinski definition) is 7. The van der Waals surface area contributed by atoms with E-state index in [2.05, 4.69) is 25.4 Å². The molecule has 0 saturated heterocycles. The normalized spacial score (nSPS) is 12.1. The van der Waals surface area contributed by atoms with E-state index in [0.29, 0.717) is 29.7 Å². The number of carbonyl (C=O) groups is 1. The number of pyridine rings is 1. The summed E-state index contributed by atoms with van der Waals surface area (Å²) in [6.45, 7) is 5.40. The van der Waals surface area contributed by atoms with E-state index in [1.54, 1.807) is 38.4 Å². The van der Waals surface area contributed by atoms with Gasteiger partial charge in [-0.3, -0.25) is 9.78 Å². The monoisotopic (exact) mass is 327 g/mol. The first-order valence-corrected chi connectivity index (χ1v) is 7.59. The first-order chi connectivity index (χ1) is 11.6. The molecule has 0 unspecified atom stereocenters. The van der Waals surface area contributed by atoms with Crippen LogP contribution in [0.15, 0.2) is 33.5 Å². The van der Waals surface area contributed by atoms with Gasteiger partial charge in [0.25, 0.3) is 5.91 Å². The second kappa shape index (κ2) is 6.61. The van der Waals surface area contributed by atoms with Crippen LogP contribution in [0.4, 0.5) is 0 Å². The molecule has 8 nitrogen and oxygen atoms in total. The third kappa shape index (κ3) is 3.17. The molecule has 0 aliphatic rings. The molecule has 0 aromatic carbocycles. The molecule has 3 aromatic rings. The molecule has 0 spiro atoms. The second-order valence-electron chi connectivity index (χ2n) is 5.26.